The van der Waals surface area contributed by atoms with Gasteiger partial charge in [0.2, 0.25) is 5.76 Å². The maximum absolute atomic E-state index is 12.2. The Balaban J connectivity index is 1.90. The molecule has 1 aromatic heterocycles. The number of furan rings is 1. The average Bonchev–Trinajstić information content (AvgIpc) is 3.02. The van der Waals surface area contributed by atoms with E-state index < -0.39 is 22.9 Å². The molecule has 1 heterocycles. The zero-order chi connectivity index (χ0) is 17.9. The fraction of sp³-hybridized carbons (Fsp3) is 0.625. The van der Waals surface area contributed by atoms with Crippen LogP contribution in [0.1, 0.15) is 50.6 Å². The van der Waals surface area contributed by atoms with Crippen molar-refractivity contribution < 1.29 is 23.7 Å². The Morgan fingerprint density at radius 1 is 1.38 bits per heavy atom. The average molecular weight is 338 g/mol. The summed E-state index contributed by atoms with van der Waals surface area (Å²) in [6.07, 6.45) is 2.10. The van der Waals surface area contributed by atoms with Gasteiger partial charge in [0.25, 0.3) is 5.91 Å². The Hall–Kier alpha value is -2.38. The van der Waals surface area contributed by atoms with Crippen LogP contribution in [0.2, 0.25) is 0 Å². The zero-order valence-corrected chi connectivity index (χ0v) is 14.0. The number of nitrogens with one attached hydrogen (secondary N) is 1. The second kappa shape index (κ2) is 7.46. The molecule has 1 aromatic rings. The van der Waals surface area contributed by atoms with Gasteiger partial charge in [-0.05, 0) is 31.2 Å². The van der Waals surface area contributed by atoms with E-state index in [9.17, 15) is 19.7 Å². The van der Waals surface area contributed by atoms with E-state index in [2.05, 4.69) is 19.2 Å². The van der Waals surface area contributed by atoms with Gasteiger partial charge in [-0.3, -0.25) is 14.9 Å². The van der Waals surface area contributed by atoms with Crippen LogP contribution in [-0.2, 0) is 9.53 Å². The van der Waals surface area contributed by atoms with E-state index >= 15 is 0 Å². The predicted octanol–water partition coefficient (Wildman–Crippen LogP) is 2.67. The highest BCUT2D eigenvalue weighted by molar-refractivity contribution is 5.90. The summed E-state index contributed by atoms with van der Waals surface area (Å²) in [7, 11) is 0. The van der Waals surface area contributed by atoms with Crippen LogP contribution in [0.3, 0.4) is 0 Å². The maximum Gasteiger partial charge on any atom is 0.433 e. The molecule has 0 aliphatic heterocycles. The van der Waals surface area contributed by atoms with Gasteiger partial charge in [-0.1, -0.05) is 26.7 Å². The van der Waals surface area contributed by atoms with Crippen LogP contribution in [0.4, 0.5) is 5.88 Å². The number of hydrogen-bond donors (Lipinski definition) is 1. The molecule has 0 saturated heterocycles. The molecular weight excluding hydrogens is 316 g/mol. The number of hydrogen-bond acceptors (Lipinski definition) is 6. The first-order valence-electron chi connectivity index (χ1n) is 8.05. The first-order valence-corrected chi connectivity index (χ1v) is 8.05. The molecule has 1 aliphatic carbocycles. The third kappa shape index (κ3) is 4.12. The van der Waals surface area contributed by atoms with Crippen molar-refractivity contribution in [1.29, 1.82) is 0 Å². The van der Waals surface area contributed by atoms with Crippen molar-refractivity contribution in [3.63, 3.8) is 0 Å². The van der Waals surface area contributed by atoms with Gasteiger partial charge in [0.05, 0.1) is 6.07 Å². The lowest BCUT2D eigenvalue weighted by Crippen LogP contribution is -2.47. The minimum Gasteiger partial charge on any atom is -0.447 e. The Morgan fingerprint density at radius 3 is 2.71 bits per heavy atom. The normalized spacial score (nSPS) is 24.9. The van der Waals surface area contributed by atoms with Crippen LogP contribution in [-0.4, -0.2) is 28.9 Å². The number of esters is 1. The summed E-state index contributed by atoms with van der Waals surface area (Å²) in [5, 5.41) is 13.5. The van der Waals surface area contributed by atoms with Crippen molar-refractivity contribution in [1.82, 2.24) is 5.32 Å². The standard InChI is InChI=1S/C16H22N2O6/c1-9-5-4-6-12(10(9)2)17-15(19)11(3)23-16(20)13-7-8-14(24-13)18(21)22/h7-12H,4-6H2,1-3H3,(H,17,19)/t9-,10-,11-,12+/m1/s1. The highest BCUT2D eigenvalue weighted by atomic mass is 16.7. The number of carbonyl (C=O) groups is 2. The van der Waals surface area contributed by atoms with Crippen molar-refractivity contribution in [2.45, 2.75) is 52.2 Å². The van der Waals surface area contributed by atoms with Crippen LogP contribution in [0, 0.1) is 22.0 Å². The van der Waals surface area contributed by atoms with Crippen molar-refractivity contribution in [3.8, 4) is 0 Å². The molecule has 0 unspecified atom stereocenters. The lowest BCUT2D eigenvalue weighted by atomic mass is 9.78. The van der Waals surface area contributed by atoms with E-state index in [0.717, 1.165) is 31.4 Å². The molecule has 1 aliphatic rings. The molecule has 0 aromatic carbocycles. The van der Waals surface area contributed by atoms with Gasteiger partial charge in [-0.2, -0.15) is 0 Å². The van der Waals surface area contributed by atoms with Gasteiger partial charge in [0, 0.05) is 6.04 Å². The summed E-state index contributed by atoms with van der Waals surface area (Å²) in [5.74, 6) is -1.25. The predicted molar refractivity (Wildman–Crippen MR) is 84.3 cm³/mol. The van der Waals surface area contributed by atoms with Crippen molar-refractivity contribution >= 4 is 17.8 Å². The molecule has 0 spiro atoms. The van der Waals surface area contributed by atoms with Crippen LogP contribution in [0.25, 0.3) is 0 Å². The van der Waals surface area contributed by atoms with Gasteiger partial charge < -0.3 is 14.5 Å². The van der Waals surface area contributed by atoms with E-state index in [0.29, 0.717) is 11.8 Å². The Bertz CT molecular complexity index is 626. The summed E-state index contributed by atoms with van der Waals surface area (Å²) >= 11 is 0. The monoisotopic (exact) mass is 338 g/mol. The molecule has 0 bridgehead atoms. The molecule has 4 atom stereocenters. The topological polar surface area (TPSA) is 112 Å². The lowest BCUT2D eigenvalue weighted by molar-refractivity contribution is -0.402. The number of rotatable bonds is 5. The van der Waals surface area contributed by atoms with Gasteiger partial charge in [-0.25, -0.2) is 4.79 Å². The van der Waals surface area contributed by atoms with E-state index in [1.807, 2.05) is 0 Å². The third-order valence-corrected chi connectivity index (χ3v) is 4.66. The molecule has 1 saturated carbocycles. The maximum atomic E-state index is 12.2. The smallest absolute Gasteiger partial charge is 0.433 e. The van der Waals surface area contributed by atoms with Gasteiger partial charge in [0.15, 0.2) is 6.10 Å². The SMILES string of the molecule is C[C@@H]1[C@H](C)CCC[C@@H]1NC(=O)[C@@H](C)OC(=O)c1ccc([N+](=O)[O-])o1. The molecular formula is C16H22N2O6. The van der Waals surface area contributed by atoms with Gasteiger partial charge in [-0.15, -0.1) is 0 Å². The van der Waals surface area contributed by atoms with Crippen LogP contribution >= 0.6 is 0 Å². The second-order valence-corrected chi connectivity index (χ2v) is 6.32. The first-order chi connectivity index (χ1) is 11.3. The molecule has 8 nitrogen and oxygen atoms in total. The minimum absolute atomic E-state index is 0.0621. The van der Waals surface area contributed by atoms with Crippen LogP contribution < -0.4 is 5.32 Å². The fourth-order valence-electron chi connectivity index (χ4n) is 2.89. The van der Waals surface area contributed by atoms with Gasteiger partial charge >= 0.3 is 11.9 Å². The van der Waals surface area contributed by atoms with Crippen molar-refractivity contribution in [3.05, 3.63) is 28.0 Å². The van der Waals surface area contributed by atoms with Crippen molar-refractivity contribution in [2.75, 3.05) is 0 Å². The molecule has 1 N–H and O–H groups in total. The number of ether oxygens (including phenoxy) is 1. The highest BCUT2D eigenvalue weighted by Gasteiger charge is 2.30. The molecule has 24 heavy (non-hydrogen) atoms. The largest absolute Gasteiger partial charge is 0.447 e. The molecule has 2 rings (SSSR count). The Labute approximate surface area is 139 Å². The van der Waals surface area contributed by atoms with Crippen molar-refractivity contribution in [2.24, 2.45) is 11.8 Å². The highest BCUT2D eigenvalue weighted by Crippen LogP contribution is 2.29. The molecule has 132 valence electrons. The Kier molecular flexibility index (Phi) is 5.58. The zero-order valence-electron chi connectivity index (χ0n) is 14.0. The van der Waals surface area contributed by atoms with E-state index in [1.54, 1.807) is 0 Å². The first kappa shape index (κ1) is 18.0. The van der Waals surface area contributed by atoms with E-state index in [4.69, 9.17) is 9.15 Å². The molecule has 1 fully saturated rings. The number of nitrogens with zero attached hydrogens (tertiary/aromatic N) is 1. The fourth-order valence-corrected chi connectivity index (χ4v) is 2.89. The summed E-state index contributed by atoms with van der Waals surface area (Å²) in [6, 6.07) is 2.27. The van der Waals surface area contributed by atoms with Crippen LogP contribution in [0.15, 0.2) is 16.5 Å². The molecule has 8 heteroatoms. The molecule has 0 radical (unpaired) electrons. The minimum atomic E-state index is -1.01. The van der Waals surface area contributed by atoms with Crippen LogP contribution in [0.5, 0.6) is 0 Å². The number of amides is 1. The van der Waals surface area contributed by atoms with Gasteiger partial charge in [0.1, 0.15) is 4.92 Å². The summed E-state index contributed by atoms with van der Waals surface area (Å²) in [4.78, 5) is 33.9. The molecule has 1 amide bonds. The van der Waals surface area contributed by atoms with E-state index in [1.165, 1.54) is 6.92 Å². The second-order valence-electron chi connectivity index (χ2n) is 6.32. The Morgan fingerprint density at radius 2 is 2.08 bits per heavy atom. The number of nitro groups is 1. The summed E-state index contributed by atoms with van der Waals surface area (Å²) in [5.41, 5.74) is 0. The summed E-state index contributed by atoms with van der Waals surface area (Å²) in [6.45, 7) is 5.73. The number of carbonyl (C=O) groups excluding carboxylic acids is 2. The third-order valence-electron chi connectivity index (χ3n) is 4.66. The quantitative estimate of drug-likeness (QED) is 0.502. The summed E-state index contributed by atoms with van der Waals surface area (Å²) < 4.78 is 9.79. The van der Waals surface area contributed by atoms with E-state index in [-0.39, 0.29) is 17.7 Å². The lowest BCUT2D eigenvalue weighted by Gasteiger charge is -2.35.